The van der Waals surface area contributed by atoms with Gasteiger partial charge in [-0.15, -0.1) is 0 Å². The summed E-state index contributed by atoms with van der Waals surface area (Å²) >= 11 is 0. The Morgan fingerprint density at radius 2 is 1.78 bits per heavy atom. The average molecular weight is 244 g/mol. The van der Waals surface area contributed by atoms with Crippen molar-refractivity contribution >= 4 is 0 Å². The summed E-state index contributed by atoms with van der Waals surface area (Å²) in [7, 11) is 0. The van der Waals surface area contributed by atoms with Gasteiger partial charge < -0.3 is 4.52 Å². The van der Waals surface area contributed by atoms with Crippen LogP contribution in [-0.4, -0.2) is 15.6 Å². The van der Waals surface area contributed by atoms with Gasteiger partial charge in [-0.2, -0.15) is 0 Å². The fourth-order valence-electron chi connectivity index (χ4n) is 1.85. The summed E-state index contributed by atoms with van der Waals surface area (Å²) in [6.45, 7) is 8.37. The van der Waals surface area contributed by atoms with E-state index in [9.17, 15) is 0 Å². The molecule has 0 bridgehead atoms. The molecule has 1 heterocycles. The van der Waals surface area contributed by atoms with Gasteiger partial charge in [-0.3, -0.25) is 4.90 Å². The summed E-state index contributed by atoms with van der Waals surface area (Å²) < 4.78 is 4.90. The molecule has 0 aliphatic rings. The molecule has 0 N–H and O–H groups in total. The van der Waals surface area contributed by atoms with Gasteiger partial charge in [0.05, 0.1) is 5.69 Å². The van der Waals surface area contributed by atoms with Gasteiger partial charge in [0.15, 0.2) is 0 Å². The Bertz CT molecular complexity index is 457. The minimum atomic E-state index is 0.0921. The first-order chi connectivity index (χ1) is 8.55. The van der Waals surface area contributed by atoms with E-state index in [1.807, 2.05) is 12.1 Å². The van der Waals surface area contributed by atoms with Crippen LogP contribution in [0.5, 0.6) is 0 Å². The first-order valence-electron chi connectivity index (χ1n) is 6.24. The summed E-state index contributed by atoms with van der Waals surface area (Å²) in [6, 6.07) is 12.4. The predicted octanol–water partition coefficient (Wildman–Crippen LogP) is 3.48. The lowest BCUT2D eigenvalue weighted by atomic mass is 10.0. The number of benzene rings is 1. The molecular weight excluding hydrogens is 224 g/mol. The van der Waals surface area contributed by atoms with Crippen molar-refractivity contribution in [3.63, 3.8) is 0 Å². The van der Waals surface area contributed by atoms with Gasteiger partial charge in [-0.05, 0) is 26.3 Å². The van der Waals surface area contributed by atoms with Crippen molar-refractivity contribution in [3.05, 3.63) is 53.9 Å². The highest BCUT2D eigenvalue weighted by atomic mass is 16.5. The van der Waals surface area contributed by atoms with Gasteiger partial charge in [0.25, 0.3) is 0 Å². The monoisotopic (exact) mass is 244 g/mol. The highest BCUT2D eigenvalue weighted by molar-refractivity contribution is 5.15. The summed E-state index contributed by atoms with van der Waals surface area (Å²) in [5.74, 6) is 0. The Hall–Kier alpha value is -1.61. The van der Waals surface area contributed by atoms with Gasteiger partial charge in [-0.25, -0.2) is 0 Å². The van der Waals surface area contributed by atoms with E-state index in [1.165, 1.54) is 5.56 Å². The Morgan fingerprint density at radius 3 is 2.33 bits per heavy atom. The number of hydrogen-bond donors (Lipinski definition) is 0. The van der Waals surface area contributed by atoms with Crippen molar-refractivity contribution in [2.75, 3.05) is 0 Å². The minimum absolute atomic E-state index is 0.0921. The fourth-order valence-corrected chi connectivity index (χ4v) is 1.85. The lowest BCUT2D eigenvalue weighted by Crippen LogP contribution is -2.40. The maximum Gasteiger partial charge on any atom is 0.124 e. The third kappa shape index (κ3) is 3.44. The van der Waals surface area contributed by atoms with Crippen LogP contribution in [0.25, 0.3) is 0 Å². The lowest BCUT2D eigenvalue weighted by Gasteiger charge is -2.35. The van der Waals surface area contributed by atoms with Crippen molar-refractivity contribution in [2.24, 2.45) is 0 Å². The Morgan fingerprint density at radius 1 is 1.06 bits per heavy atom. The van der Waals surface area contributed by atoms with Gasteiger partial charge in [0.2, 0.25) is 0 Å². The smallest absolute Gasteiger partial charge is 0.124 e. The first-order valence-corrected chi connectivity index (χ1v) is 6.24. The molecule has 0 fully saturated rings. The van der Waals surface area contributed by atoms with Crippen LogP contribution in [0.2, 0.25) is 0 Å². The molecule has 1 aromatic heterocycles. The van der Waals surface area contributed by atoms with Crippen LogP contribution in [-0.2, 0) is 13.1 Å². The maximum absolute atomic E-state index is 4.90. The van der Waals surface area contributed by atoms with Crippen LogP contribution < -0.4 is 0 Å². The standard InChI is InChI=1S/C15H20N2O/c1-15(2,3)17(12-14-9-10-18-16-14)11-13-7-5-4-6-8-13/h4-10H,11-12H2,1-3H3. The first kappa shape index (κ1) is 12.8. The molecule has 96 valence electrons. The van der Waals surface area contributed by atoms with Gasteiger partial charge in [-0.1, -0.05) is 35.5 Å². The van der Waals surface area contributed by atoms with E-state index >= 15 is 0 Å². The molecular formula is C15H20N2O. The molecule has 3 nitrogen and oxygen atoms in total. The van der Waals surface area contributed by atoms with E-state index in [0.29, 0.717) is 0 Å². The second-order valence-electron chi connectivity index (χ2n) is 5.50. The number of aromatic nitrogens is 1. The Kier molecular flexibility index (Phi) is 3.82. The van der Waals surface area contributed by atoms with E-state index in [0.717, 1.165) is 18.8 Å². The lowest BCUT2D eigenvalue weighted by molar-refractivity contribution is 0.115. The van der Waals surface area contributed by atoms with Crippen LogP contribution >= 0.6 is 0 Å². The van der Waals surface area contributed by atoms with Crippen LogP contribution in [0.4, 0.5) is 0 Å². The van der Waals surface area contributed by atoms with Crippen LogP contribution in [0.1, 0.15) is 32.0 Å². The third-order valence-corrected chi connectivity index (χ3v) is 3.01. The normalized spacial score (nSPS) is 12.0. The molecule has 0 aliphatic carbocycles. The highest BCUT2D eigenvalue weighted by Crippen LogP contribution is 2.19. The van der Waals surface area contributed by atoms with E-state index < -0.39 is 0 Å². The summed E-state index contributed by atoms with van der Waals surface area (Å²) in [4.78, 5) is 2.39. The average Bonchev–Trinajstić information content (AvgIpc) is 2.81. The van der Waals surface area contributed by atoms with Crippen molar-refractivity contribution in [2.45, 2.75) is 39.4 Å². The molecule has 0 amide bonds. The minimum Gasteiger partial charge on any atom is -0.364 e. The maximum atomic E-state index is 4.90. The van der Waals surface area contributed by atoms with E-state index in [-0.39, 0.29) is 5.54 Å². The molecule has 0 saturated heterocycles. The molecule has 0 saturated carbocycles. The molecule has 0 aliphatic heterocycles. The van der Waals surface area contributed by atoms with Crippen LogP contribution in [0.15, 0.2) is 47.2 Å². The topological polar surface area (TPSA) is 29.3 Å². The Balaban J connectivity index is 2.11. The van der Waals surface area contributed by atoms with Gasteiger partial charge in [0, 0.05) is 24.7 Å². The zero-order valence-corrected chi connectivity index (χ0v) is 11.3. The van der Waals surface area contributed by atoms with Crippen molar-refractivity contribution in [1.29, 1.82) is 0 Å². The largest absolute Gasteiger partial charge is 0.364 e. The Labute approximate surface area is 108 Å². The summed E-state index contributed by atoms with van der Waals surface area (Å²) in [6.07, 6.45) is 1.62. The second-order valence-corrected chi connectivity index (χ2v) is 5.50. The molecule has 0 unspecified atom stereocenters. The summed E-state index contributed by atoms with van der Waals surface area (Å²) in [5, 5.41) is 3.99. The highest BCUT2D eigenvalue weighted by Gasteiger charge is 2.22. The molecule has 1 aromatic carbocycles. The number of rotatable bonds is 4. The van der Waals surface area contributed by atoms with E-state index in [4.69, 9.17) is 4.52 Å². The zero-order valence-electron chi connectivity index (χ0n) is 11.3. The SMILES string of the molecule is CC(C)(C)N(Cc1ccccc1)Cc1ccon1. The van der Waals surface area contributed by atoms with Gasteiger partial charge in [0.1, 0.15) is 6.26 Å². The van der Waals surface area contributed by atoms with Gasteiger partial charge >= 0.3 is 0 Å². The van der Waals surface area contributed by atoms with E-state index in [1.54, 1.807) is 6.26 Å². The molecule has 2 rings (SSSR count). The number of nitrogens with zero attached hydrogens (tertiary/aromatic N) is 2. The quantitative estimate of drug-likeness (QED) is 0.824. The van der Waals surface area contributed by atoms with Crippen molar-refractivity contribution in [3.8, 4) is 0 Å². The van der Waals surface area contributed by atoms with E-state index in [2.05, 4.69) is 55.1 Å². The zero-order chi connectivity index (χ0) is 13.0. The van der Waals surface area contributed by atoms with Crippen LogP contribution in [0.3, 0.4) is 0 Å². The molecule has 0 spiro atoms. The molecule has 0 atom stereocenters. The molecule has 3 heteroatoms. The predicted molar refractivity (Wildman–Crippen MR) is 71.9 cm³/mol. The third-order valence-electron chi connectivity index (χ3n) is 3.01. The van der Waals surface area contributed by atoms with Crippen LogP contribution in [0, 0.1) is 0 Å². The molecule has 0 radical (unpaired) electrons. The summed E-state index contributed by atoms with van der Waals surface area (Å²) in [5.41, 5.74) is 2.38. The number of hydrogen-bond acceptors (Lipinski definition) is 3. The fraction of sp³-hybridized carbons (Fsp3) is 0.400. The second kappa shape index (κ2) is 5.36. The molecule has 18 heavy (non-hydrogen) atoms. The van der Waals surface area contributed by atoms with Crippen molar-refractivity contribution < 1.29 is 4.52 Å². The molecule has 2 aromatic rings. The van der Waals surface area contributed by atoms with Crippen molar-refractivity contribution in [1.82, 2.24) is 10.1 Å².